The molecule has 14 nitrogen and oxygen atoms in total. The van der Waals surface area contributed by atoms with Crippen LogP contribution in [0.5, 0.6) is 5.75 Å². The summed E-state index contributed by atoms with van der Waals surface area (Å²) < 4.78 is 39.6. The molecule has 0 saturated carbocycles. The van der Waals surface area contributed by atoms with Crippen LogP contribution in [0.4, 0.5) is 5.69 Å². The van der Waals surface area contributed by atoms with Crippen molar-refractivity contribution in [2.24, 2.45) is 5.73 Å². The molecular weight excluding hydrogens is 585 g/mol. The third-order valence-electron chi connectivity index (χ3n) is 6.24. The number of carbonyl (C=O) groups is 2. The molecule has 5 atom stereocenters. The summed E-state index contributed by atoms with van der Waals surface area (Å²) in [5, 5.41) is 23.5. The number of ether oxygens (including phenoxy) is 3. The van der Waals surface area contributed by atoms with Crippen molar-refractivity contribution in [3.05, 3.63) is 90.3 Å². The number of nitrogens with two attached hydrogens (primary N) is 1. The second-order valence-electron chi connectivity index (χ2n) is 9.34. The third-order valence-corrected chi connectivity index (χ3v) is 7.20. The molecule has 2 heterocycles. The molecule has 1 aromatic heterocycles. The summed E-state index contributed by atoms with van der Waals surface area (Å²) in [5.41, 5.74) is 6.50. The number of aliphatic hydroxyl groups excluding tert-OH is 2. The molecule has 15 heteroatoms. The fourth-order valence-electron chi connectivity index (χ4n) is 4.10. The molecule has 1 aliphatic heterocycles. The van der Waals surface area contributed by atoms with Gasteiger partial charge in [-0.15, -0.1) is 0 Å². The summed E-state index contributed by atoms with van der Waals surface area (Å²) in [4.78, 5) is 35.9. The number of pyridine rings is 1. The molecule has 2 amide bonds. The van der Waals surface area contributed by atoms with E-state index in [-0.39, 0.29) is 37.9 Å². The molecule has 4 rings (SSSR count). The lowest BCUT2D eigenvalue weighted by Crippen LogP contribution is -2.46. The predicted molar refractivity (Wildman–Crippen MR) is 148 cm³/mol. The number of phosphoric acid groups is 1. The average molecular weight is 618 g/mol. The van der Waals surface area contributed by atoms with Gasteiger partial charge in [-0.25, -0.2) is 0 Å². The minimum Gasteiger partial charge on any atom is -0.756 e. The largest absolute Gasteiger partial charge is 0.756 e. The fourth-order valence-corrected chi connectivity index (χ4v) is 4.80. The smallest absolute Gasteiger partial charge is 0.292 e. The summed E-state index contributed by atoms with van der Waals surface area (Å²) in [6, 6.07) is 18.6. The molecule has 1 saturated heterocycles. The Morgan fingerprint density at radius 2 is 1.70 bits per heavy atom. The van der Waals surface area contributed by atoms with Gasteiger partial charge in [0.15, 0.2) is 18.5 Å². The standard InChI is InChI=1S/C28H32N3O11P/c29-26(34)20-8-5-11-31(17-20)28-25(33)24(32)23(42-28)18-41-43(36,37)40-15-13-38-12-14-39-22-10-4-9-21(16-22)30-27(35)19-6-2-1-3-7-19/h1-11,16-17,23-25,28,32-33H,12-15,18H2,(H3-,29,30,34,35,36,37)/t23-,24-,25-,28-/m1/s1. The van der Waals surface area contributed by atoms with Crippen molar-refractivity contribution in [3.63, 3.8) is 0 Å². The summed E-state index contributed by atoms with van der Waals surface area (Å²) in [6.45, 7) is -0.753. The Hall–Kier alpha value is -3.72. The molecule has 2 aromatic carbocycles. The first kappa shape index (κ1) is 32.2. The number of aromatic nitrogens is 1. The van der Waals surface area contributed by atoms with Gasteiger partial charge < -0.3 is 49.4 Å². The van der Waals surface area contributed by atoms with Crippen molar-refractivity contribution in [1.82, 2.24) is 0 Å². The highest BCUT2D eigenvalue weighted by molar-refractivity contribution is 7.45. The number of hydrogen-bond acceptors (Lipinski definition) is 11. The molecule has 5 N–H and O–H groups in total. The number of hydrogen-bond donors (Lipinski definition) is 4. The van der Waals surface area contributed by atoms with Gasteiger partial charge in [0.25, 0.3) is 25.9 Å². The number of benzene rings is 2. The quantitative estimate of drug-likeness (QED) is 0.105. The van der Waals surface area contributed by atoms with E-state index in [0.29, 0.717) is 17.0 Å². The van der Waals surface area contributed by atoms with Crippen LogP contribution in [0.2, 0.25) is 0 Å². The van der Waals surface area contributed by atoms with Crippen molar-refractivity contribution in [2.75, 3.05) is 38.4 Å². The molecule has 0 radical (unpaired) electrons. The molecule has 1 unspecified atom stereocenters. The maximum Gasteiger partial charge on any atom is 0.292 e. The zero-order chi connectivity index (χ0) is 30.8. The minimum absolute atomic E-state index is 0.0810. The molecular formula is C28H32N3O11P. The Kier molecular flexibility index (Phi) is 11.3. The highest BCUT2D eigenvalue weighted by Gasteiger charge is 2.48. The zero-order valence-corrected chi connectivity index (χ0v) is 23.8. The van der Waals surface area contributed by atoms with Gasteiger partial charge in [0.05, 0.1) is 26.4 Å². The van der Waals surface area contributed by atoms with E-state index in [1.54, 1.807) is 48.5 Å². The lowest BCUT2D eigenvalue weighted by Gasteiger charge is -2.24. The topological polar surface area (TPSA) is 203 Å². The molecule has 43 heavy (non-hydrogen) atoms. The average Bonchev–Trinajstić information content (AvgIpc) is 3.29. The third kappa shape index (κ3) is 9.38. The highest BCUT2D eigenvalue weighted by Crippen LogP contribution is 2.39. The van der Waals surface area contributed by atoms with Crippen LogP contribution < -0.4 is 25.2 Å². The zero-order valence-electron chi connectivity index (χ0n) is 22.9. The van der Waals surface area contributed by atoms with Gasteiger partial charge in [-0.1, -0.05) is 24.3 Å². The van der Waals surface area contributed by atoms with Crippen LogP contribution in [-0.2, 0) is 23.1 Å². The van der Waals surface area contributed by atoms with Gasteiger partial charge in [-0.3, -0.25) is 14.2 Å². The molecule has 1 fully saturated rings. The Bertz CT molecular complexity index is 1430. The van der Waals surface area contributed by atoms with Crippen molar-refractivity contribution in [1.29, 1.82) is 0 Å². The van der Waals surface area contributed by atoms with Crippen LogP contribution in [0.15, 0.2) is 79.1 Å². The van der Waals surface area contributed by atoms with Crippen molar-refractivity contribution >= 4 is 25.3 Å². The van der Waals surface area contributed by atoms with E-state index in [1.165, 1.54) is 29.1 Å². The Labute approximate surface area is 247 Å². The minimum atomic E-state index is -4.78. The van der Waals surface area contributed by atoms with Gasteiger partial charge >= 0.3 is 0 Å². The molecule has 0 aliphatic carbocycles. The highest BCUT2D eigenvalue weighted by atomic mass is 31.2. The SMILES string of the molecule is NC(=O)c1ccc[n+]([C@@H]2O[C@H](COP(=O)([O-])OCCOCCOc3cccc(NC(=O)c4ccccc4)c3)[C@@H](O)[C@H]2O)c1. The van der Waals surface area contributed by atoms with E-state index >= 15 is 0 Å². The first-order valence-corrected chi connectivity index (χ1v) is 14.7. The van der Waals surface area contributed by atoms with E-state index in [2.05, 4.69) is 5.32 Å². The number of aliphatic hydroxyl groups is 2. The summed E-state index contributed by atoms with van der Waals surface area (Å²) in [7, 11) is -4.78. The van der Waals surface area contributed by atoms with Crippen LogP contribution >= 0.6 is 7.82 Å². The fraction of sp³-hybridized carbons (Fsp3) is 0.321. The number of rotatable bonds is 15. The molecule has 0 spiro atoms. The molecule has 1 aliphatic rings. The first-order valence-electron chi connectivity index (χ1n) is 13.2. The Morgan fingerprint density at radius 1 is 0.953 bits per heavy atom. The monoisotopic (exact) mass is 617 g/mol. The van der Waals surface area contributed by atoms with E-state index < -0.39 is 44.9 Å². The lowest BCUT2D eigenvalue weighted by atomic mass is 10.1. The van der Waals surface area contributed by atoms with Gasteiger partial charge in [0.1, 0.15) is 30.1 Å². The van der Waals surface area contributed by atoms with Crippen LogP contribution in [0.3, 0.4) is 0 Å². The van der Waals surface area contributed by atoms with Gasteiger partial charge in [-0.2, -0.15) is 4.57 Å². The number of nitrogens with one attached hydrogen (secondary N) is 1. The van der Waals surface area contributed by atoms with Crippen molar-refractivity contribution < 1.29 is 57.1 Å². The van der Waals surface area contributed by atoms with Gasteiger partial charge in [0.2, 0.25) is 0 Å². The van der Waals surface area contributed by atoms with E-state index in [4.69, 9.17) is 29.0 Å². The Balaban J connectivity index is 1.12. The van der Waals surface area contributed by atoms with Crippen LogP contribution in [0.1, 0.15) is 26.9 Å². The van der Waals surface area contributed by atoms with Crippen LogP contribution in [0, 0.1) is 0 Å². The second kappa shape index (κ2) is 15.1. The number of amides is 2. The Morgan fingerprint density at radius 3 is 2.47 bits per heavy atom. The molecule has 230 valence electrons. The summed E-state index contributed by atoms with van der Waals surface area (Å²) in [6.07, 6.45) is -2.39. The first-order chi connectivity index (χ1) is 20.6. The van der Waals surface area contributed by atoms with Crippen molar-refractivity contribution in [2.45, 2.75) is 24.5 Å². The number of nitrogens with zero attached hydrogens (tertiary/aromatic N) is 1. The maximum absolute atomic E-state index is 12.3. The summed E-state index contributed by atoms with van der Waals surface area (Å²) >= 11 is 0. The van der Waals surface area contributed by atoms with Crippen LogP contribution in [-0.4, -0.2) is 73.4 Å². The van der Waals surface area contributed by atoms with E-state index in [9.17, 15) is 29.3 Å². The number of primary amides is 1. The number of phosphoric ester groups is 1. The lowest BCUT2D eigenvalue weighted by molar-refractivity contribution is -0.765. The molecule has 3 aromatic rings. The maximum atomic E-state index is 12.3. The number of anilines is 1. The van der Waals surface area contributed by atoms with E-state index in [1.807, 2.05) is 6.07 Å². The summed E-state index contributed by atoms with van der Waals surface area (Å²) in [5.74, 6) is -0.439. The normalized spacial score (nSPS) is 21.2. The predicted octanol–water partition coefficient (Wildman–Crippen LogP) is 0.542. The van der Waals surface area contributed by atoms with E-state index in [0.717, 1.165) is 0 Å². The van der Waals surface area contributed by atoms with Crippen LogP contribution in [0.25, 0.3) is 0 Å². The van der Waals surface area contributed by atoms with Gasteiger partial charge in [0, 0.05) is 23.4 Å². The van der Waals surface area contributed by atoms with Crippen molar-refractivity contribution in [3.8, 4) is 5.75 Å². The second-order valence-corrected chi connectivity index (χ2v) is 10.7. The van der Waals surface area contributed by atoms with Gasteiger partial charge in [-0.05, 0) is 30.3 Å². The number of carbonyl (C=O) groups excluding carboxylic acids is 2. The molecule has 0 bridgehead atoms.